The van der Waals surface area contributed by atoms with Crippen LogP contribution >= 0.6 is 11.3 Å². The monoisotopic (exact) mass is 295 g/mol. The Morgan fingerprint density at radius 1 is 1.40 bits per heavy atom. The fraction of sp³-hybridized carbons (Fsp3) is 0.533. The number of rotatable bonds is 6. The van der Waals surface area contributed by atoms with Gasteiger partial charge < -0.3 is 15.1 Å². The molecule has 0 saturated carbocycles. The van der Waals surface area contributed by atoms with Crippen LogP contribution in [-0.2, 0) is 0 Å². The van der Waals surface area contributed by atoms with E-state index in [2.05, 4.69) is 11.8 Å². The smallest absolute Gasteiger partial charge is 0.265 e. The van der Waals surface area contributed by atoms with Crippen LogP contribution in [0.4, 0.5) is 0 Å². The molecular weight excluding hydrogens is 274 g/mol. The normalized spacial score (nSPS) is 10.2. The van der Waals surface area contributed by atoms with Crippen LogP contribution in [0.5, 0.6) is 0 Å². The van der Waals surface area contributed by atoms with E-state index in [9.17, 15) is 9.90 Å². The molecule has 0 fully saturated rings. The number of thiophene rings is 1. The van der Waals surface area contributed by atoms with E-state index >= 15 is 0 Å². The SMILES string of the molecule is CCC(CC)N(CCO)C(=O)c1sccc1C#CCO. The molecule has 0 aromatic carbocycles. The van der Waals surface area contributed by atoms with Crippen LogP contribution in [0, 0.1) is 11.8 Å². The van der Waals surface area contributed by atoms with Gasteiger partial charge in [-0.25, -0.2) is 0 Å². The molecule has 0 spiro atoms. The molecule has 0 atom stereocenters. The van der Waals surface area contributed by atoms with Gasteiger partial charge in [0.15, 0.2) is 0 Å². The Morgan fingerprint density at radius 3 is 2.65 bits per heavy atom. The lowest BCUT2D eigenvalue weighted by molar-refractivity contribution is 0.0627. The van der Waals surface area contributed by atoms with Gasteiger partial charge in [0, 0.05) is 18.2 Å². The molecule has 110 valence electrons. The zero-order valence-electron chi connectivity index (χ0n) is 11.9. The summed E-state index contributed by atoms with van der Waals surface area (Å²) in [4.78, 5) is 14.9. The van der Waals surface area contributed by atoms with Crippen molar-refractivity contribution in [2.75, 3.05) is 19.8 Å². The highest BCUT2D eigenvalue weighted by Gasteiger charge is 2.24. The fourth-order valence-electron chi connectivity index (χ4n) is 2.13. The summed E-state index contributed by atoms with van der Waals surface area (Å²) >= 11 is 1.34. The number of hydrogen-bond donors (Lipinski definition) is 2. The van der Waals surface area contributed by atoms with E-state index in [0.29, 0.717) is 17.0 Å². The highest BCUT2D eigenvalue weighted by molar-refractivity contribution is 7.12. The topological polar surface area (TPSA) is 60.8 Å². The predicted octanol–water partition coefficient (Wildman–Crippen LogP) is 1.71. The predicted molar refractivity (Wildman–Crippen MR) is 80.8 cm³/mol. The average Bonchev–Trinajstić information content (AvgIpc) is 2.93. The minimum absolute atomic E-state index is 0.0503. The van der Waals surface area contributed by atoms with Gasteiger partial charge >= 0.3 is 0 Å². The van der Waals surface area contributed by atoms with Gasteiger partial charge in [0.25, 0.3) is 5.91 Å². The molecule has 2 N–H and O–H groups in total. The minimum Gasteiger partial charge on any atom is -0.395 e. The number of carbonyl (C=O) groups is 1. The second-order valence-electron chi connectivity index (χ2n) is 4.32. The quantitative estimate of drug-likeness (QED) is 0.786. The van der Waals surface area contributed by atoms with E-state index < -0.39 is 0 Å². The van der Waals surface area contributed by atoms with Crippen LogP contribution in [0.2, 0.25) is 0 Å². The van der Waals surface area contributed by atoms with Gasteiger partial charge in [0.1, 0.15) is 11.5 Å². The van der Waals surface area contributed by atoms with Crippen molar-refractivity contribution in [1.82, 2.24) is 4.90 Å². The molecule has 1 heterocycles. The molecule has 1 rings (SSSR count). The summed E-state index contributed by atoms with van der Waals surface area (Å²) in [6, 6.07) is 1.90. The molecule has 0 saturated heterocycles. The van der Waals surface area contributed by atoms with Crippen LogP contribution in [-0.4, -0.2) is 46.8 Å². The lowest BCUT2D eigenvalue weighted by Crippen LogP contribution is -2.41. The molecule has 0 radical (unpaired) electrons. The Labute approximate surface area is 124 Å². The molecule has 0 bridgehead atoms. The van der Waals surface area contributed by atoms with E-state index in [1.165, 1.54) is 11.3 Å². The number of nitrogens with zero attached hydrogens (tertiary/aromatic N) is 1. The van der Waals surface area contributed by atoms with Crippen LogP contribution in [0.3, 0.4) is 0 Å². The highest BCUT2D eigenvalue weighted by Crippen LogP contribution is 2.21. The molecule has 4 nitrogen and oxygen atoms in total. The second kappa shape index (κ2) is 8.75. The summed E-state index contributed by atoms with van der Waals surface area (Å²) in [5.41, 5.74) is 0.642. The average molecular weight is 295 g/mol. The van der Waals surface area contributed by atoms with Gasteiger partial charge in [-0.3, -0.25) is 4.79 Å². The number of aliphatic hydroxyl groups is 2. The Hall–Kier alpha value is -1.35. The molecular formula is C15H21NO3S. The summed E-state index contributed by atoms with van der Waals surface area (Å²) in [6.45, 7) is 4.12. The van der Waals surface area contributed by atoms with Gasteiger partial charge in [-0.15, -0.1) is 11.3 Å². The van der Waals surface area contributed by atoms with Gasteiger partial charge in [0.2, 0.25) is 0 Å². The molecule has 0 aliphatic heterocycles. The first-order valence-corrected chi connectivity index (χ1v) is 7.66. The van der Waals surface area contributed by atoms with Gasteiger partial charge in [-0.05, 0) is 24.3 Å². The first kappa shape index (κ1) is 16.7. The lowest BCUT2D eigenvalue weighted by atomic mass is 10.1. The standard InChI is InChI=1S/C15H21NO3S/c1-3-13(4-2)16(8-10-18)15(19)14-12(6-5-9-17)7-11-20-14/h7,11,13,17-18H,3-4,8-10H2,1-2H3. The zero-order valence-corrected chi connectivity index (χ0v) is 12.7. The third-order valence-electron chi connectivity index (χ3n) is 3.15. The van der Waals surface area contributed by atoms with Crippen molar-refractivity contribution in [2.24, 2.45) is 0 Å². The zero-order chi connectivity index (χ0) is 15.0. The van der Waals surface area contributed by atoms with Crippen LogP contribution < -0.4 is 0 Å². The summed E-state index contributed by atoms with van der Waals surface area (Å²) in [5, 5.41) is 19.8. The molecule has 20 heavy (non-hydrogen) atoms. The Kier molecular flexibility index (Phi) is 7.31. The summed E-state index contributed by atoms with van der Waals surface area (Å²) in [7, 11) is 0. The first-order chi connectivity index (χ1) is 9.69. The third-order valence-corrected chi connectivity index (χ3v) is 4.05. The van der Waals surface area contributed by atoms with Crippen molar-refractivity contribution >= 4 is 17.2 Å². The summed E-state index contributed by atoms with van der Waals surface area (Å²) in [6.07, 6.45) is 1.70. The van der Waals surface area contributed by atoms with E-state index in [1.807, 2.05) is 19.2 Å². The minimum atomic E-state index is -0.226. The van der Waals surface area contributed by atoms with Crippen molar-refractivity contribution in [3.05, 3.63) is 21.9 Å². The lowest BCUT2D eigenvalue weighted by Gasteiger charge is -2.29. The number of hydrogen-bond acceptors (Lipinski definition) is 4. The summed E-state index contributed by atoms with van der Waals surface area (Å²) in [5.74, 6) is 5.27. The van der Waals surface area contributed by atoms with Crippen LogP contribution in [0.1, 0.15) is 41.9 Å². The van der Waals surface area contributed by atoms with E-state index in [4.69, 9.17) is 5.11 Å². The largest absolute Gasteiger partial charge is 0.395 e. The van der Waals surface area contributed by atoms with Gasteiger partial charge in [-0.2, -0.15) is 0 Å². The second-order valence-corrected chi connectivity index (χ2v) is 5.23. The van der Waals surface area contributed by atoms with Crippen LogP contribution in [0.25, 0.3) is 0 Å². The number of aliphatic hydroxyl groups excluding tert-OH is 2. The van der Waals surface area contributed by atoms with E-state index in [-0.39, 0.29) is 25.2 Å². The van der Waals surface area contributed by atoms with Crippen molar-refractivity contribution in [3.8, 4) is 11.8 Å². The molecule has 5 heteroatoms. The third kappa shape index (κ3) is 4.07. The maximum atomic E-state index is 12.6. The maximum absolute atomic E-state index is 12.6. The first-order valence-electron chi connectivity index (χ1n) is 6.78. The molecule has 0 aliphatic rings. The van der Waals surface area contributed by atoms with Crippen molar-refractivity contribution in [2.45, 2.75) is 32.7 Å². The van der Waals surface area contributed by atoms with Crippen LogP contribution in [0.15, 0.2) is 11.4 Å². The molecule has 0 unspecified atom stereocenters. The summed E-state index contributed by atoms with van der Waals surface area (Å²) < 4.78 is 0. The van der Waals surface area contributed by atoms with Crippen molar-refractivity contribution < 1.29 is 15.0 Å². The molecule has 0 aliphatic carbocycles. The Bertz CT molecular complexity index is 483. The van der Waals surface area contributed by atoms with Crippen molar-refractivity contribution in [1.29, 1.82) is 0 Å². The van der Waals surface area contributed by atoms with Crippen molar-refractivity contribution in [3.63, 3.8) is 0 Å². The van der Waals surface area contributed by atoms with Gasteiger partial charge in [0.05, 0.1) is 6.61 Å². The number of amides is 1. The highest BCUT2D eigenvalue weighted by atomic mass is 32.1. The molecule has 1 amide bonds. The molecule has 1 aromatic rings. The van der Waals surface area contributed by atoms with E-state index in [1.54, 1.807) is 11.0 Å². The fourth-order valence-corrected chi connectivity index (χ4v) is 2.93. The Balaban J connectivity index is 3.03. The van der Waals surface area contributed by atoms with Gasteiger partial charge in [-0.1, -0.05) is 25.7 Å². The number of carbonyl (C=O) groups excluding carboxylic acids is 1. The Morgan fingerprint density at radius 2 is 2.10 bits per heavy atom. The maximum Gasteiger partial charge on any atom is 0.265 e. The van der Waals surface area contributed by atoms with E-state index in [0.717, 1.165) is 12.8 Å². The molecule has 1 aromatic heterocycles.